The van der Waals surface area contributed by atoms with Crippen LogP contribution in [0.4, 0.5) is 16.2 Å². The van der Waals surface area contributed by atoms with Gasteiger partial charge in [-0.2, -0.15) is 0 Å². The Morgan fingerprint density at radius 1 is 0.939 bits per heavy atom. The standard InChI is InChI=1S/C28H33N3O2/c1-20(31(2)3)17-21-9-10-23-19-25(12-11-22(23)18-21)30-28(32)29-24-13-15-27(16-14-24)33-26-7-5-4-6-8-26/h4-8,11-16,19-21H,9-10,17-18H2,1-3H3,(H2,29,30,32). The van der Waals surface area contributed by atoms with E-state index in [0.29, 0.717) is 11.7 Å². The lowest BCUT2D eigenvalue weighted by atomic mass is 9.80. The number of carbonyl (C=O) groups is 1. The summed E-state index contributed by atoms with van der Waals surface area (Å²) in [5.41, 5.74) is 4.31. The largest absolute Gasteiger partial charge is 0.457 e. The zero-order chi connectivity index (χ0) is 23.2. The van der Waals surface area contributed by atoms with Gasteiger partial charge in [-0.05, 0) is 112 Å². The first kappa shape index (κ1) is 22.9. The number of amides is 2. The molecule has 2 amide bonds. The highest BCUT2D eigenvalue weighted by atomic mass is 16.5. The third kappa shape index (κ3) is 6.36. The lowest BCUT2D eigenvalue weighted by Crippen LogP contribution is -2.29. The summed E-state index contributed by atoms with van der Waals surface area (Å²) in [6.45, 7) is 2.30. The summed E-state index contributed by atoms with van der Waals surface area (Å²) in [5.74, 6) is 2.23. The minimum Gasteiger partial charge on any atom is -0.457 e. The van der Waals surface area contributed by atoms with Gasteiger partial charge in [-0.1, -0.05) is 24.3 Å². The predicted molar refractivity (Wildman–Crippen MR) is 135 cm³/mol. The molecule has 2 atom stereocenters. The Hall–Kier alpha value is -3.31. The number of ether oxygens (including phenoxy) is 1. The molecule has 1 aliphatic rings. The van der Waals surface area contributed by atoms with E-state index in [-0.39, 0.29) is 6.03 Å². The summed E-state index contributed by atoms with van der Waals surface area (Å²) in [5, 5.41) is 5.86. The van der Waals surface area contributed by atoms with Crippen LogP contribution in [0.2, 0.25) is 0 Å². The fraction of sp³-hybridized carbons (Fsp3) is 0.321. The molecule has 5 nitrogen and oxygen atoms in total. The van der Waals surface area contributed by atoms with Gasteiger partial charge in [-0.3, -0.25) is 0 Å². The Morgan fingerprint density at radius 2 is 1.61 bits per heavy atom. The number of nitrogens with zero attached hydrogens (tertiary/aromatic N) is 1. The average molecular weight is 444 g/mol. The molecule has 4 rings (SSSR count). The van der Waals surface area contributed by atoms with Crippen LogP contribution in [0.3, 0.4) is 0 Å². The maximum Gasteiger partial charge on any atom is 0.323 e. The van der Waals surface area contributed by atoms with Gasteiger partial charge in [0.1, 0.15) is 11.5 Å². The molecule has 2 unspecified atom stereocenters. The summed E-state index contributed by atoms with van der Waals surface area (Å²) in [6, 6.07) is 23.6. The Kier molecular flexibility index (Phi) is 7.30. The van der Waals surface area contributed by atoms with Crippen molar-refractivity contribution >= 4 is 17.4 Å². The zero-order valence-corrected chi connectivity index (χ0v) is 19.7. The van der Waals surface area contributed by atoms with Crippen LogP contribution in [0, 0.1) is 5.92 Å². The van der Waals surface area contributed by atoms with Crippen molar-refractivity contribution < 1.29 is 9.53 Å². The maximum atomic E-state index is 12.5. The summed E-state index contributed by atoms with van der Waals surface area (Å²) < 4.78 is 5.80. The molecule has 0 bridgehead atoms. The highest BCUT2D eigenvalue weighted by molar-refractivity contribution is 5.99. The van der Waals surface area contributed by atoms with Gasteiger partial charge < -0.3 is 20.3 Å². The van der Waals surface area contributed by atoms with Crippen molar-refractivity contribution in [3.05, 3.63) is 83.9 Å². The molecule has 0 radical (unpaired) electrons. The molecule has 2 N–H and O–H groups in total. The van der Waals surface area contributed by atoms with Crippen LogP contribution in [-0.2, 0) is 12.8 Å². The van der Waals surface area contributed by atoms with Crippen LogP contribution in [0.15, 0.2) is 72.8 Å². The number of hydrogen-bond acceptors (Lipinski definition) is 3. The molecule has 0 spiro atoms. The molecule has 1 aliphatic carbocycles. The van der Waals surface area contributed by atoms with Gasteiger partial charge in [0.15, 0.2) is 0 Å². The minimum absolute atomic E-state index is 0.250. The molecule has 0 aromatic heterocycles. The fourth-order valence-electron chi connectivity index (χ4n) is 4.33. The monoisotopic (exact) mass is 443 g/mol. The van der Waals surface area contributed by atoms with Crippen LogP contribution in [0.25, 0.3) is 0 Å². The number of carbonyl (C=O) groups excluding carboxylic acids is 1. The second kappa shape index (κ2) is 10.5. The number of para-hydroxylation sites is 1. The van der Waals surface area contributed by atoms with E-state index in [4.69, 9.17) is 4.74 Å². The van der Waals surface area contributed by atoms with Crippen molar-refractivity contribution in [3.8, 4) is 11.5 Å². The zero-order valence-electron chi connectivity index (χ0n) is 19.7. The third-order valence-corrected chi connectivity index (χ3v) is 6.44. The number of nitrogens with one attached hydrogen (secondary N) is 2. The number of fused-ring (bicyclic) bond motifs is 1. The SMILES string of the molecule is CC(CC1CCc2cc(NC(=O)Nc3ccc(Oc4ccccc4)cc3)ccc2C1)N(C)C. The summed E-state index contributed by atoms with van der Waals surface area (Å²) in [4.78, 5) is 14.8. The van der Waals surface area contributed by atoms with Gasteiger partial charge in [0, 0.05) is 17.4 Å². The Balaban J connectivity index is 1.30. The van der Waals surface area contributed by atoms with E-state index >= 15 is 0 Å². The van der Waals surface area contributed by atoms with Crippen LogP contribution >= 0.6 is 0 Å². The lowest BCUT2D eigenvalue weighted by molar-refractivity contribution is 0.250. The number of rotatable bonds is 7. The molecule has 172 valence electrons. The minimum atomic E-state index is -0.250. The fourth-order valence-corrected chi connectivity index (χ4v) is 4.33. The van der Waals surface area contributed by atoms with Crippen LogP contribution in [0.5, 0.6) is 11.5 Å². The highest BCUT2D eigenvalue weighted by Gasteiger charge is 2.21. The van der Waals surface area contributed by atoms with Crippen molar-refractivity contribution in [1.82, 2.24) is 4.90 Å². The molecule has 3 aromatic rings. The summed E-state index contributed by atoms with van der Waals surface area (Å²) >= 11 is 0. The first-order valence-electron chi connectivity index (χ1n) is 11.7. The van der Waals surface area contributed by atoms with Gasteiger partial charge >= 0.3 is 6.03 Å². The number of hydrogen-bond donors (Lipinski definition) is 2. The molecule has 0 saturated heterocycles. The third-order valence-electron chi connectivity index (χ3n) is 6.44. The topological polar surface area (TPSA) is 53.6 Å². The molecular weight excluding hydrogens is 410 g/mol. The van der Waals surface area contributed by atoms with Crippen molar-refractivity contribution in [2.75, 3.05) is 24.7 Å². The van der Waals surface area contributed by atoms with Crippen molar-refractivity contribution in [1.29, 1.82) is 0 Å². The number of anilines is 2. The van der Waals surface area contributed by atoms with E-state index in [2.05, 4.69) is 48.7 Å². The lowest BCUT2D eigenvalue weighted by Gasteiger charge is -2.29. The summed E-state index contributed by atoms with van der Waals surface area (Å²) in [6.07, 6.45) is 4.62. The molecule has 0 heterocycles. The Labute approximate surface area is 196 Å². The molecule has 0 saturated carbocycles. The van der Waals surface area contributed by atoms with E-state index in [9.17, 15) is 4.79 Å². The second-order valence-corrected chi connectivity index (χ2v) is 9.16. The van der Waals surface area contributed by atoms with Gasteiger partial charge in [-0.15, -0.1) is 0 Å². The van der Waals surface area contributed by atoms with E-state index in [1.54, 1.807) is 0 Å². The second-order valence-electron chi connectivity index (χ2n) is 9.16. The van der Waals surface area contributed by atoms with Crippen LogP contribution < -0.4 is 15.4 Å². The summed E-state index contributed by atoms with van der Waals surface area (Å²) in [7, 11) is 4.30. The van der Waals surface area contributed by atoms with E-state index in [1.807, 2.05) is 60.7 Å². The van der Waals surface area contributed by atoms with E-state index in [1.165, 1.54) is 24.0 Å². The maximum absolute atomic E-state index is 12.5. The molecule has 0 aliphatic heterocycles. The van der Waals surface area contributed by atoms with Crippen molar-refractivity contribution in [3.63, 3.8) is 0 Å². The molecular formula is C28H33N3O2. The quantitative estimate of drug-likeness (QED) is 0.434. The van der Waals surface area contributed by atoms with Crippen LogP contribution in [-0.4, -0.2) is 31.1 Å². The number of benzene rings is 3. The Bertz CT molecular complexity index is 1060. The molecule has 3 aromatic carbocycles. The average Bonchev–Trinajstić information content (AvgIpc) is 2.81. The number of urea groups is 1. The van der Waals surface area contributed by atoms with Gasteiger partial charge in [0.2, 0.25) is 0 Å². The van der Waals surface area contributed by atoms with Gasteiger partial charge in [0.25, 0.3) is 0 Å². The first-order chi connectivity index (χ1) is 16.0. The van der Waals surface area contributed by atoms with Gasteiger partial charge in [-0.25, -0.2) is 4.79 Å². The van der Waals surface area contributed by atoms with Crippen molar-refractivity contribution in [2.24, 2.45) is 5.92 Å². The highest BCUT2D eigenvalue weighted by Crippen LogP contribution is 2.31. The van der Waals surface area contributed by atoms with Gasteiger partial charge in [0.05, 0.1) is 0 Å². The predicted octanol–water partition coefficient (Wildman–Crippen LogP) is 6.57. The van der Waals surface area contributed by atoms with Crippen molar-refractivity contribution in [2.45, 2.75) is 38.6 Å². The molecule has 33 heavy (non-hydrogen) atoms. The first-order valence-corrected chi connectivity index (χ1v) is 11.7. The van der Waals surface area contributed by atoms with E-state index in [0.717, 1.165) is 35.9 Å². The van der Waals surface area contributed by atoms with E-state index < -0.39 is 0 Å². The molecule has 5 heteroatoms. The molecule has 0 fully saturated rings. The van der Waals surface area contributed by atoms with Crippen LogP contribution in [0.1, 0.15) is 30.9 Å². The normalized spacial score (nSPS) is 16.1. The Morgan fingerprint density at radius 3 is 2.33 bits per heavy atom. The smallest absolute Gasteiger partial charge is 0.323 e. The number of aryl methyl sites for hydroxylation is 1.